The third-order valence-electron chi connectivity index (χ3n) is 4.89. The summed E-state index contributed by atoms with van der Waals surface area (Å²) >= 11 is 0. The predicted octanol–water partition coefficient (Wildman–Crippen LogP) is 2.43. The Kier molecular flexibility index (Phi) is 4.73. The summed E-state index contributed by atoms with van der Waals surface area (Å²) in [4.78, 5) is 40.1. The number of anilines is 2. The van der Waals surface area contributed by atoms with Gasteiger partial charge in [-0.2, -0.15) is 0 Å². The molecule has 0 saturated heterocycles. The van der Waals surface area contributed by atoms with Crippen molar-refractivity contribution < 1.29 is 23.9 Å². The summed E-state index contributed by atoms with van der Waals surface area (Å²) in [6.07, 6.45) is 0.157. The molecule has 0 fully saturated rings. The molecule has 0 atom stereocenters. The molecule has 0 saturated carbocycles. The molecule has 0 aromatic heterocycles. The molecule has 2 heterocycles. The fraction of sp³-hybridized carbons (Fsp3) is 0.286. The van der Waals surface area contributed by atoms with Crippen molar-refractivity contribution in [3.8, 4) is 11.5 Å². The third kappa shape index (κ3) is 3.31. The summed E-state index contributed by atoms with van der Waals surface area (Å²) in [7, 11) is 0. The number of Topliss-reactive ketones (excluding diaryl/α,β-unsaturated/α-hetero) is 1. The highest BCUT2D eigenvalue weighted by Gasteiger charge is 2.29. The molecule has 2 aromatic rings. The first-order chi connectivity index (χ1) is 13.5. The van der Waals surface area contributed by atoms with Crippen LogP contribution < -0.4 is 19.3 Å². The lowest BCUT2D eigenvalue weighted by atomic mass is 10.1. The zero-order valence-electron chi connectivity index (χ0n) is 15.5. The molecular formula is C21H20N2O5. The Morgan fingerprint density at radius 1 is 1.04 bits per heavy atom. The number of carbonyl (C=O) groups excluding carboxylic acids is 3. The van der Waals surface area contributed by atoms with E-state index in [1.54, 1.807) is 23.1 Å². The van der Waals surface area contributed by atoms with Gasteiger partial charge in [0.05, 0.1) is 17.9 Å². The van der Waals surface area contributed by atoms with Gasteiger partial charge in [0, 0.05) is 18.5 Å². The summed E-state index contributed by atoms with van der Waals surface area (Å²) in [6.45, 7) is 2.51. The maximum absolute atomic E-state index is 12.8. The Hall–Kier alpha value is -3.35. The highest BCUT2D eigenvalue weighted by molar-refractivity contribution is 6.02. The number of carbonyl (C=O) groups is 3. The van der Waals surface area contributed by atoms with E-state index in [-0.39, 0.29) is 37.2 Å². The van der Waals surface area contributed by atoms with Crippen LogP contribution >= 0.6 is 0 Å². The number of nitrogens with zero attached hydrogens (tertiary/aromatic N) is 2. The van der Waals surface area contributed by atoms with Crippen molar-refractivity contribution in [2.24, 2.45) is 0 Å². The zero-order valence-corrected chi connectivity index (χ0v) is 15.5. The van der Waals surface area contributed by atoms with E-state index in [1.807, 2.05) is 24.3 Å². The van der Waals surface area contributed by atoms with E-state index in [1.165, 1.54) is 11.8 Å². The minimum absolute atomic E-state index is 0.0823. The van der Waals surface area contributed by atoms with Crippen LogP contribution in [0.5, 0.6) is 11.5 Å². The van der Waals surface area contributed by atoms with Crippen LogP contribution in [0.3, 0.4) is 0 Å². The SMILES string of the molecule is CC(=O)c1ccc2c(c1)N(CCC(=O)N1CCOc3ccccc31)C(=O)CO2. The van der Waals surface area contributed by atoms with Crippen molar-refractivity contribution in [1.82, 2.24) is 0 Å². The van der Waals surface area contributed by atoms with Gasteiger partial charge < -0.3 is 19.3 Å². The topological polar surface area (TPSA) is 76.2 Å². The number of ether oxygens (including phenoxy) is 2. The average Bonchev–Trinajstić information content (AvgIpc) is 2.72. The average molecular weight is 380 g/mol. The Morgan fingerprint density at radius 2 is 1.82 bits per heavy atom. The van der Waals surface area contributed by atoms with Crippen LogP contribution in [0.2, 0.25) is 0 Å². The van der Waals surface area contributed by atoms with E-state index < -0.39 is 0 Å². The Labute approximate surface area is 162 Å². The molecule has 7 heteroatoms. The van der Waals surface area contributed by atoms with Gasteiger partial charge in [0.15, 0.2) is 12.4 Å². The number of fused-ring (bicyclic) bond motifs is 2. The standard InChI is InChI=1S/C21H20N2O5/c1-14(24)15-6-7-19-17(12-15)22(21(26)13-28-19)9-8-20(25)23-10-11-27-18-5-3-2-4-16(18)23/h2-7,12H,8-11,13H2,1H3. The quantitative estimate of drug-likeness (QED) is 0.762. The summed E-state index contributed by atoms with van der Waals surface area (Å²) in [5, 5.41) is 0. The molecule has 0 aliphatic carbocycles. The maximum Gasteiger partial charge on any atom is 0.265 e. The highest BCUT2D eigenvalue weighted by atomic mass is 16.5. The van der Waals surface area contributed by atoms with Gasteiger partial charge in [-0.1, -0.05) is 12.1 Å². The zero-order chi connectivity index (χ0) is 19.7. The van der Waals surface area contributed by atoms with Gasteiger partial charge in [0.25, 0.3) is 5.91 Å². The second-order valence-corrected chi connectivity index (χ2v) is 6.68. The summed E-state index contributed by atoms with van der Waals surface area (Å²) < 4.78 is 11.0. The van der Waals surface area contributed by atoms with Gasteiger partial charge in [-0.3, -0.25) is 14.4 Å². The molecule has 0 unspecified atom stereocenters. The van der Waals surface area contributed by atoms with Gasteiger partial charge in [-0.25, -0.2) is 0 Å². The Balaban J connectivity index is 1.53. The molecule has 2 amide bonds. The molecule has 2 aliphatic heterocycles. The number of rotatable bonds is 4. The number of hydrogen-bond acceptors (Lipinski definition) is 5. The number of benzene rings is 2. The first-order valence-corrected chi connectivity index (χ1v) is 9.15. The second-order valence-electron chi connectivity index (χ2n) is 6.68. The fourth-order valence-corrected chi connectivity index (χ4v) is 3.44. The maximum atomic E-state index is 12.8. The number of amides is 2. The van der Waals surface area contributed by atoms with Crippen LogP contribution in [0.25, 0.3) is 0 Å². The van der Waals surface area contributed by atoms with Gasteiger partial charge >= 0.3 is 0 Å². The van der Waals surface area contributed by atoms with Crippen LogP contribution in [0.1, 0.15) is 23.7 Å². The summed E-state index contributed by atoms with van der Waals surface area (Å²) in [5.74, 6) is 0.805. The summed E-state index contributed by atoms with van der Waals surface area (Å²) in [5.41, 5.74) is 1.76. The Bertz CT molecular complexity index is 956. The highest BCUT2D eigenvalue weighted by Crippen LogP contribution is 2.34. The molecule has 0 bridgehead atoms. The van der Waals surface area contributed by atoms with Crippen LogP contribution in [0.15, 0.2) is 42.5 Å². The van der Waals surface area contributed by atoms with E-state index in [4.69, 9.17) is 9.47 Å². The van der Waals surface area contributed by atoms with Gasteiger partial charge in [0.1, 0.15) is 18.1 Å². The predicted molar refractivity (Wildman–Crippen MR) is 103 cm³/mol. The van der Waals surface area contributed by atoms with Crippen LogP contribution in [0.4, 0.5) is 11.4 Å². The van der Waals surface area contributed by atoms with Crippen LogP contribution in [-0.4, -0.2) is 43.9 Å². The third-order valence-corrected chi connectivity index (χ3v) is 4.89. The van der Waals surface area contributed by atoms with E-state index >= 15 is 0 Å². The lowest BCUT2D eigenvalue weighted by Gasteiger charge is -2.32. The van der Waals surface area contributed by atoms with E-state index in [9.17, 15) is 14.4 Å². The molecule has 0 radical (unpaired) electrons. The van der Waals surface area contributed by atoms with Crippen molar-refractivity contribution in [1.29, 1.82) is 0 Å². The molecular weight excluding hydrogens is 360 g/mol. The van der Waals surface area contributed by atoms with Crippen molar-refractivity contribution >= 4 is 29.0 Å². The van der Waals surface area contributed by atoms with Crippen LogP contribution in [0, 0.1) is 0 Å². The van der Waals surface area contributed by atoms with Crippen molar-refractivity contribution in [3.05, 3.63) is 48.0 Å². The summed E-state index contributed by atoms with van der Waals surface area (Å²) in [6, 6.07) is 12.4. The smallest absolute Gasteiger partial charge is 0.265 e. The van der Waals surface area contributed by atoms with Crippen LogP contribution in [-0.2, 0) is 9.59 Å². The van der Waals surface area contributed by atoms with Gasteiger partial charge in [-0.15, -0.1) is 0 Å². The minimum atomic E-state index is -0.233. The second kappa shape index (κ2) is 7.34. The fourth-order valence-electron chi connectivity index (χ4n) is 3.44. The molecule has 7 nitrogen and oxygen atoms in total. The minimum Gasteiger partial charge on any atom is -0.490 e. The van der Waals surface area contributed by atoms with Gasteiger partial charge in [0.2, 0.25) is 5.91 Å². The lowest BCUT2D eigenvalue weighted by molar-refractivity contribution is -0.121. The number of ketones is 1. The van der Waals surface area contributed by atoms with E-state index in [0.29, 0.717) is 35.9 Å². The molecule has 2 aliphatic rings. The first kappa shape index (κ1) is 18.0. The molecule has 28 heavy (non-hydrogen) atoms. The first-order valence-electron chi connectivity index (χ1n) is 9.15. The van der Waals surface area contributed by atoms with Crippen molar-refractivity contribution in [3.63, 3.8) is 0 Å². The molecule has 0 N–H and O–H groups in total. The number of hydrogen-bond donors (Lipinski definition) is 0. The monoisotopic (exact) mass is 380 g/mol. The molecule has 4 rings (SSSR count). The van der Waals surface area contributed by atoms with Crippen molar-refractivity contribution in [2.45, 2.75) is 13.3 Å². The molecule has 2 aromatic carbocycles. The lowest BCUT2D eigenvalue weighted by Crippen LogP contribution is -2.43. The normalized spacial score (nSPS) is 15.2. The largest absolute Gasteiger partial charge is 0.490 e. The van der Waals surface area contributed by atoms with E-state index in [2.05, 4.69) is 0 Å². The Morgan fingerprint density at radius 3 is 2.64 bits per heavy atom. The van der Waals surface area contributed by atoms with Gasteiger partial charge in [-0.05, 0) is 37.3 Å². The number of para-hydroxylation sites is 2. The van der Waals surface area contributed by atoms with E-state index in [0.717, 1.165) is 5.69 Å². The van der Waals surface area contributed by atoms with Crippen molar-refractivity contribution in [2.75, 3.05) is 36.1 Å². The molecule has 0 spiro atoms. The molecule has 144 valence electrons.